The highest BCUT2D eigenvalue weighted by molar-refractivity contribution is 7.92. The topological polar surface area (TPSA) is 60.2 Å². The van der Waals surface area contributed by atoms with Crippen LogP contribution in [0.25, 0.3) is 0 Å². The molecule has 114 valence electrons. The lowest BCUT2D eigenvalue weighted by atomic mass is 9.96. The lowest BCUT2D eigenvalue weighted by Gasteiger charge is -2.21. The molecule has 0 aliphatic rings. The highest BCUT2D eigenvalue weighted by Crippen LogP contribution is 2.20. The van der Waals surface area contributed by atoms with Gasteiger partial charge in [-0.05, 0) is 58.6 Å². The van der Waals surface area contributed by atoms with E-state index < -0.39 is 14.6 Å². The Balaban J connectivity index is 2.65. The zero-order chi connectivity index (χ0) is 15.4. The van der Waals surface area contributed by atoms with Crippen LogP contribution in [0.2, 0.25) is 0 Å². The predicted octanol–water partition coefficient (Wildman–Crippen LogP) is 2.72. The Hall–Kier alpha value is -0.870. The van der Waals surface area contributed by atoms with Crippen LogP contribution in [-0.4, -0.2) is 25.5 Å². The number of hydrogen-bond donors (Lipinski definition) is 1. The molecule has 1 unspecified atom stereocenters. The molecule has 1 rings (SSSR count). The van der Waals surface area contributed by atoms with Crippen molar-refractivity contribution in [2.24, 2.45) is 11.7 Å². The van der Waals surface area contributed by atoms with Crippen LogP contribution >= 0.6 is 0 Å². The van der Waals surface area contributed by atoms with E-state index in [4.69, 9.17) is 5.73 Å². The zero-order valence-corrected chi connectivity index (χ0v) is 13.8. The number of hydrogen-bond acceptors (Lipinski definition) is 3. The molecule has 0 heterocycles. The van der Waals surface area contributed by atoms with Gasteiger partial charge in [-0.15, -0.1) is 0 Å². The maximum absolute atomic E-state index is 12.1. The van der Waals surface area contributed by atoms with Crippen molar-refractivity contribution in [3.05, 3.63) is 35.4 Å². The third-order valence-electron chi connectivity index (χ3n) is 3.67. The first-order valence-corrected chi connectivity index (χ1v) is 8.79. The molecule has 3 nitrogen and oxygen atoms in total. The van der Waals surface area contributed by atoms with Gasteiger partial charge in [-0.2, -0.15) is 0 Å². The molecular weight excluding hydrogens is 270 g/mol. The normalized spacial score (nSPS) is 14.2. The largest absolute Gasteiger partial charge is 0.330 e. The van der Waals surface area contributed by atoms with Gasteiger partial charge in [0.25, 0.3) is 0 Å². The predicted molar refractivity (Wildman–Crippen MR) is 85.6 cm³/mol. The average Bonchev–Trinajstić information content (AvgIpc) is 2.33. The van der Waals surface area contributed by atoms with Crippen LogP contribution in [0.4, 0.5) is 0 Å². The number of rotatable bonds is 6. The SMILES string of the molecule is Cc1cccc(CC(CN)CCS(=O)(=O)C(C)(C)C)c1. The van der Waals surface area contributed by atoms with E-state index in [2.05, 4.69) is 25.1 Å². The number of sulfone groups is 1. The van der Waals surface area contributed by atoms with Crippen molar-refractivity contribution >= 4 is 9.84 Å². The molecule has 1 aromatic carbocycles. The summed E-state index contributed by atoms with van der Waals surface area (Å²) in [7, 11) is -3.06. The van der Waals surface area contributed by atoms with Gasteiger partial charge in [0, 0.05) is 0 Å². The third-order valence-corrected chi connectivity index (χ3v) is 6.31. The van der Waals surface area contributed by atoms with Crippen molar-refractivity contribution in [1.82, 2.24) is 0 Å². The maximum Gasteiger partial charge on any atom is 0.155 e. The molecule has 0 aliphatic heterocycles. The molecule has 0 bridgehead atoms. The fourth-order valence-electron chi connectivity index (χ4n) is 2.10. The smallest absolute Gasteiger partial charge is 0.155 e. The number of nitrogens with two attached hydrogens (primary N) is 1. The van der Waals surface area contributed by atoms with Crippen molar-refractivity contribution in [3.8, 4) is 0 Å². The molecule has 0 saturated carbocycles. The molecule has 0 fully saturated rings. The molecule has 0 aromatic heterocycles. The van der Waals surface area contributed by atoms with Gasteiger partial charge in [0.05, 0.1) is 10.5 Å². The van der Waals surface area contributed by atoms with Crippen LogP contribution in [0.5, 0.6) is 0 Å². The Kier molecular flexibility index (Phi) is 5.78. The first-order valence-electron chi connectivity index (χ1n) is 7.13. The van der Waals surface area contributed by atoms with E-state index in [1.807, 2.05) is 6.07 Å². The Morgan fingerprint density at radius 2 is 1.90 bits per heavy atom. The van der Waals surface area contributed by atoms with Crippen LogP contribution in [0.15, 0.2) is 24.3 Å². The molecule has 0 saturated heterocycles. The molecule has 1 atom stereocenters. The van der Waals surface area contributed by atoms with Crippen LogP contribution in [0.3, 0.4) is 0 Å². The van der Waals surface area contributed by atoms with Crippen molar-refractivity contribution < 1.29 is 8.42 Å². The van der Waals surface area contributed by atoms with Crippen molar-refractivity contribution in [3.63, 3.8) is 0 Å². The summed E-state index contributed by atoms with van der Waals surface area (Å²) in [4.78, 5) is 0. The van der Waals surface area contributed by atoms with Crippen molar-refractivity contribution in [2.75, 3.05) is 12.3 Å². The highest BCUT2D eigenvalue weighted by Gasteiger charge is 2.29. The standard InChI is InChI=1S/C16H27NO2S/c1-13-6-5-7-14(10-13)11-15(12-17)8-9-20(18,19)16(2,3)4/h5-7,10,15H,8-9,11-12,17H2,1-4H3. The van der Waals surface area contributed by atoms with Crippen molar-refractivity contribution in [1.29, 1.82) is 0 Å². The Morgan fingerprint density at radius 3 is 2.40 bits per heavy atom. The van der Waals surface area contributed by atoms with E-state index in [-0.39, 0.29) is 11.7 Å². The number of benzene rings is 1. The maximum atomic E-state index is 12.1. The fourth-order valence-corrected chi connectivity index (χ4v) is 3.36. The van der Waals surface area contributed by atoms with Crippen molar-refractivity contribution in [2.45, 2.75) is 45.3 Å². The monoisotopic (exact) mass is 297 g/mol. The summed E-state index contributed by atoms with van der Waals surface area (Å²) >= 11 is 0. The average molecular weight is 297 g/mol. The van der Waals surface area contributed by atoms with E-state index in [1.54, 1.807) is 20.8 Å². The molecule has 0 aliphatic carbocycles. The first kappa shape index (κ1) is 17.2. The second kappa shape index (κ2) is 6.72. The van der Waals surface area contributed by atoms with Crippen LogP contribution in [0, 0.1) is 12.8 Å². The summed E-state index contributed by atoms with van der Waals surface area (Å²) < 4.78 is 23.6. The summed E-state index contributed by atoms with van der Waals surface area (Å²) in [5.74, 6) is 0.429. The summed E-state index contributed by atoms with van der Waals surface area (Å²) in [6, 6.07) is 8.31. The fraction of sp³-hybridized carbons (Fsp3) is 0.625. The van der Waals surface area contributed by atoms with Gasteiger partial charge in [0.15, 0.2) is 9.84 Å². The van der Waals surface area contributed by atoms with E-state index in [9.17, 15) is 8.42 Å². The Labute approximate surface area is 123 Å². The molecule has 0 radical (unpaired) electrons. The Bertz CT molecular complexity index is 530. The lowest BCUT2D eigenvalue weighted by Crippen LogP contribution is -2.32. The quantitative estimate of drug-likeness (QED) is 0.878. The minimum Gasteiger partial charge on any atom is -0.330 e. The molecule has 1 aromatic rings. The summed E-state index contributed by atoms with van der Waals surface area (Å²) in [5, 5.41) is 0. The van der Waals surface area contributed by atoms with Gasteiger partial charge in [-0.3, -0.25) is 0 Å². The van der Waals surface area contributed by atoms with Gasteiger partial charge in [0.2, 0.25) is 0 Å². The summed E-state index contributed by atoms with van der Waals surface area (Å²) in [5.41, 5.74) is 8.26. The Morgan fingerprint density at radius 1 is 1.25 bits per heavy atom. The second-order valence-electron chi connectivity index (χ2n) is 6.51. The van der Waals surface area contributed by atoms with Crippen LogP contribution in [0.1, 0.15) is 38.3 Å². The molecule has 2 N–H and O–H groups in total. The molecular formula is C16H27NO2S. The molecule has 20 heavy (non-hydrogen) atoms. The van der Waals surface area contributed by atoms with Gasteiger partial charge in [0.1, 0.15) is 0 Å². The second-order valence-corrected chi connectivity index (χ2v) is 9.38. The van der Waals surface area contributed by atoms with E-state index in [0.29, 0.717) is 13.0 Å². The summed E-state index contributed by atoms with van der Waals surface area (Å²) in [6.07, 6.45) is 1.47. The van der Waals surface area contributed by atoms with Gasteiger partial charge in [-0.25, -0.2) is 8.42 Å². The molecule has 0 amide bonds. The number of aryl methyl sites for hydroxylation is 1. The van der Waals surface area contributed by atoms with Gasteiger partial charge < -0.3 is 5.73 Å². The molecule has 0 spiro atoms. The lowest BCUT2D eigenvalue weighted by molar-refractivity contribution is 0.503. The van der Waals surface area contributed by atoms with Gasteiger partial charge in [-0.1, -0.05) is 29.8 Å². The summed E-state index contributed by atoms with van der Waals surface area (Å²) in [6.45, 7) is 7.83. The van der Waals surface area contributed by atoms with Crippen LogP contribution in [-0.2, 0) is 16.3 Å². The highest BCUT2D eigenvalue weighted by atomic mass is 32.2. The third kappa shape index (κ3) is 4.91. The first-order chi connectivity index (χ1) is 9.15. The van der Waals surface area contributed by atoms with E-state index >= 15 is 0 Å². The molecule has 4 heteroatoms. The van der Waals surface area contributed by atoms with E-state index in [0.717, 1.165) is 6.42 Å². The minimum atomic E-state index is -3.06. The van der Waals surface area contributed by atoms with E-state index in [1.165, 1.54) is 11.1 Å². The minimum absolute atomic E-state index is 0.212. The van der Waals surface area contributed by atoms with Crippen LogP contribution < -0.4 is 5.73 Å². The zero-order valence-electron chi connectivity index (χ0n) is 13.0. The van der Waals surface area contributed by atoms with Gasteiger partial charge >= 0.3 is 0 Å².